The zero-order valence-electron chi connectivity index (χ0n) is 11.9. The zero-order chi connectivity index (χ0) is 14.1. The van der Waals surface area contributed by atoms with E-state index in [9.17, 15) is 0 Å². The van der Waals surface area contributed by atoms with Gasteiger partial charge in [-0.15, -0.1) is 6.58 Å². The van der Waals surface area contributed by atoms with E-state index >= 15 is 0 Å². The lowest BCUT2D eigenvalue weighted by Gasteiger charge is -2.01. The van der Waals surface area contributed by atoms with Gasteiger partial charge in [-0.1, -0.05) is 67.3 Å². The minimum Gasteiger partial charge on any atom is -0.103 e. The Morgan fingerprint density at radius 3 is 2.11 bits per heavy atom. The number of hydrogen-bond donors (Lipinski definition) is 0. The lowest BCUT2D eigenvalue weighted by atomic mass is 10.0. The van der Waals surface area contributed by atoms with Crippen LogP contribution in [0.5, 0.6) is 0 Å². The number of allylic oxidation sites excluding steroid dienone is 1. The molecule has 0 heterocycles. The Kier molecular flexibility index (Phi) is 6.38. The summed E-state index contributed by atoms with van der Waals surface area (Å²) in [7, 11) is 0. The van der Waals surface area contributed by atoms with Crippen molar-refractivity contribution in [2.24, 2.45) is 0 Å². The molecular weight excluding hydrogens is 228 g/mol. The van der Waals surface area contributed by atoms with Crippen LogP contribution in [-0.2, 0) is 6.42 Å². The van der Waals surface area contributed by atoms with Crippen LogP contribution in [-0.4, -0.2) is 0 Å². The first-order chi connectivity index (χ1) is 9.19. The summed E-state index contributed by atoms with van der Waals surface area (Å²) in [6.07, 6.45) is 4.78. The maximum absolute atomic E-state index is 3.73. The van der Waals surface area contributed by atoms with E-state index in [0.29, 0.717) is 0 Å². The molecule has 0 saturated carbocycles. The molecule has 0 aliphatic heterocycles. The Hall–Kier alpha value is -2.08. The summed E-state index contributed by atoms with van der Waals surface area (Å²) in [5.74, 6) is 0. The molecule has 2 rings (SSSR count). The highest BCUT2D eigenvalue weighted by molar-refractivity contribution is 5.53. The van der Waals surface area contributed by atoms with E-state index in [1.165, 1.54) is 22.3 Å². The van der Waals surface area contributed by atoms with Gasteiger partial charge in [-0.2, -0.15) is 0 Å². The van der Waals surface area contributed by atoms with E-state index in [2.05, 4.69) is 57.3 Å². The molecule has 0 aliphatic rings. The minimum absolute atomic E-state index is 0.973. The molecule has 0 spiro atoms. The molecule has 0 fully saturated rings. The molecule has 19 heavy (non-hydrogen) atoms. The first-order valence-electron chi connectivity index (χ1n) is 6.52. The highest BCUT2D eigenvalue weighted by Crippen LogP contribution is 2.12. The van der Waals surface area contributed by atoms with Crippen LogP contribution in [0.4, 0.5) is 0 Å². The fourth-order valence-electron chi connectivity index (χ4n) is 1.78. The largest absolute Gasteiger partial charge is 0.103 e. The van der Waals surface area contributed by atoms with Crippen LogP contribution in [0.15, 0.2) is 67.8 Å². The average molecular weight is 250 g/mol. The third-order valence-corrected chi connectivity index (χ3v) is 3.09. The highest BCUT2D eigenvalue weighted by Gasteiger charge is 1.93. The van der Waals surface area contributed by atoms with E-state index < -0.39 is 0 Å². The van der Waals surface area contributed by atoms with Gasteiger partial charge >= 0.3 is 0 Å². The molecule has 0 bridgehead atoms. The highest BCUT2D eigenvalue weighted by atomic mass is 14.0. The third-order valence-electron chi connectivity index (χ3n) is 3.09. The fraction of sp³-hybridized carbons (Fsp3) is 0.158. The van der Waals surface area contributed by atoms with E-state index in [0.717, 1.165) is 6.42 Å². The number of hydrogen-bond acceptors (Lipinski definition) is 0. The summed E-state index contributed by atoms with van der Waals surface area (Å²) in [6, 6.07) is 16.5. The molecule has 0 nitrogen and oxygen atoms in total. The van der Waals surface area contributed by atoms with Gasteiger partial charge in [0, 0.05) is 0 Å². The van der Waals surface area contributed by atoms with Gasteiger partial charge in [0.05, 0.1) is 0 Å². The standard InChI is InChI=1S/C10H12.C9H10/c1-4-10-7-5-6-8(2)9(10)3;1-2-6-9-7-4-3-5-8-9/h4-7H,1H2,2-3H3;2-5,7-8H,1,6H2. The molecule has 2 aromatic carbocycles. The number of rotatable bonds is 3. The Balaban J connectivity index is 0.000000191. The molecule has 0 unspecified atom stereocenters. The van der Waals surface area contributed by atoms with E-state index in [1.54, 1.807) is 0 Å². The zero-order valence-corrected chi connectivity index (χ0v) is 11.9. The molecule has 0 atom stereocenters. The first-order valence-corrected chi connectivity index (χ1v) is 6.52. The third kappa shape index (κ3) is 4.97. The van der Waals surface area contributed by atoms with Gasteiger partial charge in [0.15, 0.2) is 0 Å². The van der Waals surface area contributed by atoms with Crippen molar-refractivity contribution < 1.29 is 0 Å². The van der Waals surface area contributed by atoms with Gasteiger partial charge in [0.1, 0.15) is 0 Å². The monoisotopic (exact) mass is 250 g/mol. The van der Waals surface area contributed by atoms with E-state index in [4.69, 9.17) is 0 Å². The van der Waals surface area contributed by atoms with Crippen LogP contribution in [0.3, 0.4) is 0 Å². The molecule has 0 radical (unpaired) electrons. The lowest BCUT2D eigenvalue weighted by molar-refractivity contribution is 1.28. The minimum atomic E-state index is 0.973. The van der Waals surface area contributed by atoms with E-state index in [1.807, 2.05) is 30.4 Å². The quantitative estimate of drug-likeness (QED) is 0.643. The van der Waals surface area contributed by atoms with Crippen LogP contribution in [0, 0.1) is 13.8 Å². The maximum atomic E-state index is 3.73. The molecular formula is C19H22. The van der Waals surface area contributed by atoms with Gasteiger partial charge in [0.25, 0.3) is 0 Å². The van der Waals surface area contributed by atoms with Gasteiger partial charge in [-0.05, 0) is 42.5 Å². The molecule has 0 aliphatic carbocycles. The van der Waals surface area contributed by atoms with Crippen LogP contribution in [0.1, 0.15) is 22.3 Å². The van der Waals surface area contributed by atoms with Crippen molar-refractivity contribution in [2.45, 2.75) is 20.3 Å². The molecule has 0 amide bonds. The van der Waals surface area contributed by atoms with Crippen molar-refractivity contribution in [3.8, 4) is 0 Å². The normalized spacial score (nSPS) is 9.16. The van der Waals surface area contributed by atoms with Crippen LogP contribution in [0.2, 0.25) is 0 Å². The van der Waals surface area contributed by atoms with Crippen molar-refractivity contribution in [2.75, 3.05) is 0 Å². The molecule has 2 aromatic rings. The summed E-state index contributed by atoms with van der Waals surface area (Å²) in [5.41, 5.74) is 5.22. The maximum Gasteiger partial charge on any atom is -0.0100 e. The summed E-state index contributed by atoms with van der Waals surface area (Å²) < 4.78 is 0. The van der Waals surface area contributed by atoms with E-state index in [-0.39, 0.29) is 0 Å². The average Bonchev–Trinajstić information content (AvgIpc) is 2.44. The van der Waals surface area contributed by atoms with Crippen molar-refractivity contribution in [1.82, 2.24) is 0 Å². The summed E-state index contributed by atoms with van der Waals surface area (Å²) in [4.78, 5) is 0. The van der Waals surface area contributed by atoms with Crippen molar-refractivity contribution in [1.29, 1.82) is 0 Å². The second-order valence-electron chi connectivity index (χ2n) is 4.47. The Morgan fingerprint density at radius 1 is 0.895 bits per heavy atom. The van der Waals surface area contributed by atoms with Gasteiger partial charge in [-0.3, -0.25) is 0 Å². The second kappa shape index (κ2) is 8.10. The first kappa shape index (κ1) is 15.0. The molecule has 0 N–H and O–H groups in total. The predicted molar refractivity (Wildman–Crippen MR) is 86.4 cm³/mol. The van der Waals surface area contributed by atoms with Gasteiger partial charge < -0.3 is 0 Å². The smallest absolute Gasteiger partial charge is 0.0100 e. The molecule has 0 heteroatoms. The van der Waals surface area contributed by atoms with Gasteiger partial charge in [0.2, 0.25) is 0 Å². The van der Waals surface area contributed by atoms with Crippen molar-refractivity contribution in [3.05, 3.63) is 90.0 Å². The lowest BCUT2D eigenvalue weighted by Crippen LogP contribution is -1.83. The second-order valence-corrected chi connectivity index (χ2v) is 4.47. The summed E-state index contributed by atoms with van der Waals surface area (Å²) >= 11 is 0. The van der Waals surface area contributed by atoms with Crippen molar-refractivity contribution >= 4 is 6.08 Å². The van der Waals surface area contributed by atoms with Gasteiger partial charge in [-0.25, -0.2) is 0 Å². The molecule has 0 saturated heterocycles. The molecule has 0 aromatic heterocycles. The van der Waals surface area contributed by atoms with Crippen molar-refractivity contribution in [3.63, 3.8) is 0 Å². The predicted octanol–water partition coefficient (Wildman–Crippen LogP) is 5.36. The Labute approximate surface area is 117 Å². The number of benzene rings is 2. The van der Waals surface area contributed by atoms with Crippen LogP contribution >= 0.6 is 0 Å². The van der Waals surface area contributed by atoms with Crippen LogP contribution in [0.25, 0.3) is 6.08 Å². The topological polar surface area (TPSA) is 0 Å². The Bertz CT molecular complexity index is 521. The molecule has 98 valence electrons. The fourth-order valence-corrected chi connectivity index (χ4v) is 1.78. The van der Waals surface area contributed by atoms with Crippen LogP contribution < -0.4 is 0 Å². The number of aryl methyl sites for hydroxylation is 1. The SMILES string of the molecule is C=CCc1ccccc1.C=Cc1cccc(C)c1C. The Morgan fingerprint density at radius 2 is 1.58 bits per heavy atom. The summed E-state index contributed by atoms with van der Waals surface area (Å²) in [6.45, 7) is 11.6. The summed E-state index contributed by atoms with van der Waals surface area (Å²) in [5, 5.41) is 0.